The Bertz CT molecular complexity index is 681. The minimum absolute atomic E-state index is 0.409. The van der Waals surface area contributed by atoms with Gasteiger partial charge < -0.3 is 5.11 Å². The standard InChI is InChI=1S/C22H28O/c1-3-4-5-16-7-11-21-20-9-6-15-14-17(23)8-10-18(15)19(20)12-13-22(16,21)2/h5,8-10,14,19,21,23H,3-4,6-7,11-13H2,1-2H3/b16-5-/t19-,21+,22-/m1/s1. The summed E-state index contributed by atoms with van der Waals surface area (Å²) in [4.78, 5) is 0. The average molecular weight is 308 g/mol. The van der Waals surface area contributed by atoms with Crippen molar-refractivity contribution in [2.24, 2.45) is 11.3 Å². The lowest BCUT2D eigenvalue weighted by molar-refractivity contribution is 0.229. The average Bonchev–Trinajstić information content (AvgIpc) is 2.89. The van der Waals surface area contributed by atoms with Crippen LogP contribution < -0.4 is 0 Å². The topological polar surface area (TPSA) is 20.2 Å². The molecule has 1 aromatic carbocycles. The summed E-state index contributed by atoms with van der Waals surface area (Å²) in [6.45, 7) is 4.80. The quantitative estimate of drug-likeness (QED) is 0.675. The van der Waals surface area contributed by atoms with Crippen LogP contribution in [-0.2, 0) is 6.42 Å². The molecule has 0 saturated heterocycles. The predicted octanol–water partition coefficient (Wildman–Crippen LogP) is 5.89. The van der Waals surface area contributed by atoms with Gasteiger partial charge in [0.2, 0.25) is 0 Å². The smallest absolute Gasteiger partial charge is 0.115 e. The second kappa shape index (κ2) is 5.54. The van der Waals surface area contributed by atoms with E-state index < -0.39 is 0 Å². The molecule has 23 heavy (non-hydrogen) atoms. The number of benzene rings is 1. The summed E-state index contributed by atoms with van der Waals surface area (Å²) < 4.78 is 0. The molecule has 0 spiro atoms. The van der Waals surface area contributed by atoms with E-state index in [-0.39, 0.29) is 0 Å². The summed E-state index contributed by atoms with van der Waals surface area (Å²) in [6, 6.07) is 6.02. The highest BCUT2D eigenvalue weighted by Crippen LogP contribution is 2.61. The number of unbranched alkanes of at least 4 members (excludes halogenated alkanes) is 1. The molecule has 3 aliphatic carbocycles. The van der Waals surface area contributed by atoms with Crippen LogP contribution in [0.4, 0.5) is 0 Å². The molecule has 122 valence electrons. The minimum Gasteiger partial charge on any atom is -0.508 e. The predicted molar refractivity (Wildman–Crippen MR) is 95.7 cm³/mol. The fourth-order valence-electron chi connectivity index (χ4n) is 5.46. The monoisotopic (exact) mass is 308 g/mol. The molecule has 0 aliphatic heterocycles. The van der Waals surface area contributed by atoms with Gasteiger partial charge in [0.15, 0.2) is 0 Å². The summed E-state index contributed by atoms with van der Waals surface area (Å²) in [7, 11) is 0. The number of fused-ring (bicyclic) bond motifs is 5. The Hall–Kier alpha value is -1.50. The summed E-state index contributed by atoms with van der Waals surface area (Å²) >= 11 is 0. The molecule has 3 aliphatic rings. The van der Waals surface area contributed by atoms with Crippen LogP contribution >= 0.6 is 0 Å². The van der Waals surface area contributed by atoms with Gasteiger partial charge in [-0.15, -0.1) is 0 Å². The van der Waals surface area contributed by atoms with Gasteiger partial charge in [-0.25, -0.2) is 0 Å². The van der Waals surface area contributed by atoms with Gasteiger partial charge in [0.05, 0.1) is 0 Å². The van der Waals surface area contributed by atoms with E-state index in [2.05, 4.69) is 32.1 Å². The molecular formula is C22H28O. The van der Waals surface area contributed by atoms with Crippen LogP contribution in [-0.4, -0.2) is 5.11 Å². The minimum atomic E-state index is 0.409. The van der Waals surface area contributed by atoms with Gasteiger partial charge in [0.1, 0.15) is 5.75 Å². The van der Waals surface area contributed by atoms with Gasteiger partial charge in [0.25, 0.3) is 0 Å². The molecule has 0 bridgehead atoms. The lowest BCUT2D eigenvalue weighted by atomic mass is 9.59. The van der Waals surface area contributed by atoms with Crippen molar-refractivity contribution in [2.75, 3.05) is 0 Å². The first kappa shape index (κ1) is 15.1. The molecule has 0 unspecified atom stereocenters. The molecule has 1 aromatic rings. The number of hydrogen-bond donors (Lipinski definition) is 1. The van der Waals surface area contributed by atoms with Gasteiger partial charge in [-0.2, -0.15) is 0 Å². The fourth-order valence-corrected chi connectivity index (χ4v) is 5.46. The molecule has 0 radical (unpaired) electrons. The zero-order valence-electron chi connectivity index (χ0n) is 14.4. The Morgan fingerprint density at radius 1 is 1.30 bits per heavy atom. The van der Waals surface area contributed by atoms with Gasteiger partial charge in [-0.3, -0.25) is 0 Å². The van der Waals surface area contributed by atoms with E-state index in [0.29, 0.717) is 17.1 Å². The van der Waals surface area contributed by atoms with Crippen LogP contribution in [0, 0.1) is 11.3 Å². The van der Waals surface area contributed by atoms with Crippen molar-refractivity contribution >= 4 is 0 Å². The highest BCUT2D eigenvalue weighted by Gasteiger charge is 2.49. The largest absolute Gasteiger partial charge is 0.508 e. The molecule has 2 saturated carbocycles. The van der Waals surface area contributed by atoms with Gasteiger partial charge in [-0.1, -0.05) is 49.6 Å². The molecule has 0 heterocycles. The number of rotatable bonds is 2. The number of hydrogen-bond acceptors (Lipinski definition) is 1. The van der Waals surface area contributed by atoms with E-state index in [1.165, 1.54) is 49.7 Å². The lowest BCUT2D eigenvalue weighted by Crippen LogP contribution is -2.34. The highest BCUT2D eigenvalue weighted by atomic mass is 16.3. The van der Waals surface area contributed by atoms with E-state index >= 15 is 0 Å². The van der Waals surface area contributed by atoms with Crippen molar-refractivity contribution in [1.82, 2.24) is 0 Å². The molecular weight excluding hydrogens is 280 g/mol. The first-order valence-electron chi connectivity index (χ1n) is 9.34. The fraction of sp³-hybridized carbons (Fsp3) is 0.545. The maximum absolute atomic E-state index is 9.76. The Morgan fingerprint density at radius 2 is 2.17 bits per heavy atom. The maximum Gasteiger partial charge on any atom is 0.115 e. The normalized spacial score (nSPS) is 33.8. The second-order valence-corrected chi connectivity index (χ2v) is 7.91. The van der Waals surface area contributed by atoms with Crippen molar-refractivity contribution in [3.8, 4) is 5.75 Å². The molecule has 0 amide bonds. The SMILES string of the molecule is CCC/C=C1/CC[C@H]2C3=CCc4cc(O)ccc4[C@H]3CC[C@]12C. The van der Waals surface area contributed by atoms with E-state index in [0.717, 1.165) is 12.3 Å². The highest BCUT2D eigenvalue weighted by molar-refractivity contribution is 5.48. The van der Waals surface area contributed by atoms with E-state index in [9.17, 15) is 5.11 Å². The number of phenolic OH excluding ortho intramolecular Hbond substituents is 1. The van der Waals surface area contributed by atoms with E-state index in [1.54, 1.807) is 11.1 Å². The Kier molecular flexibility index (Phi) is 3.63. The van der Waals surface area contributed by atoms with Crippen LogP contribution in [0.2, 0.25) is 0 Å². The van der Waals surface area contributed by atoms with Crippen LogP contribution in [0.1, 0.15) is 69.4 Å². The van der Waals surface area contributed by atoms with Crippen LogP contribution in [0.15, 0.2) is 41.5 Å². The Labute approximate surface area is 140 Å². The summed E-state index contributed by atoms with van der Waals surface area (Å²) in [5, 5.41) is 9.76. The zero-order chi connectivity index (χ0) is 16.0. The zero-order valence-corrected chi connectivity index (χ0v) is 14.4. The molecule has 2 fully saturated rings. The summed E-state index contributed by atoms with van der Waals surface area (Å²) in [6.07, 6.45) is 13.8. The number of aromatic hydroxyl groups is 1. The Morgan fingerprint density at radius 3 is 3.00 bits per heavy atom. The molecule has 1 heteroatoms. The lowest BCUT2D eigenvalue weighted by Gasteiger charge is -2.45. The second-order valence-electron chi connectivity index (χ2n) is 7.91. The molecule has 0 aromatic heterocycles. The van der Waals surface area contributed by atoms with E-state index in [4.69, 9.17) is 0 Å². The van der Waals surface area contributed by atoms with Crippen LogP contribution in [0.3, 0.4) is 0 Å². The number of phenols is 1. The third kappa shape index (κ3) is 2.28. The first-order valence-corrected chi connectivity index (χ1v) is 9.34. The Balaban J connectivity index is 1.68. The summed E-state index contributed by atoms with van der Waals surface area (Å²) in [5.74, 6) is 1.75. The van der Waals surface area contributed by atoms with Crippen LogP contribution in [0.25, 0.3) is 0 Å². The van der Waals surface area contributed by atoms with Crippen molar-refractivity contribution in [3.05, 3.63) is 52.6 Å². The van der Waals surface area contributed by atoms with Gasteiger partial charge in [0, 0.05) is 5.92 Å². The molecule has 4 rings (SSSR count). The van der Waals surface area contributed by atoms with Gasteiger partial charge in [-0.05, 0) is 73.1 Å². The van der Waals surface area contributed by atoms with Crippen molar-refractivity contribution < 1.29 is 5.11 Å². The van der Waals surface area contributed by atoms with Crippen molar-refractivity contribution in [2.45, 2.75) is 64.7 Å². The number of allylic oxidation sites excluding steroid dienone is 4. The maximum atomic E-state index is 9.76. The van der Waals surface area contributed by atoms with Crippen molar-refractivity contribution in [1.29, 1.82) is 0 Å². The van der Waals surface area contributed by atoms with E-state index in [1.807, 2.05) is 12.1 Å². The van der Waals surface area contributed by atoms with Crippen molar-refractivity contribution in [3.63, 3.8) is 0 Å². The van der Waals surface area contributed by atoms with Gasteiger partial charge >= 0.3 is 0 Å². The molecule has 3 atom stereocenters. The first-order chi connectivity index (χ1) is 11.1. The molecule has 1 N–H and O–H groups in total. The molecule has 1 nitrogen and oxygen atoms in total. The third-order valence-electron chi connectivity index (χ3n) is 6.70. The van der Waals surface area contributed by atoms with Crippen LogP contribution in [0.5, 0.6) is 5.75 Å². The summed E-state index contributed by atoms with van der Waals surface area (Å²) in [5.41, 5.74) is 6.67. The third-order valence-corrected chi connectivity index (χ3v) is 6.70.